The summed E-state index contributed by atoms with van der Waals surface area (Å²) in [6.07, 6.45) is -1.32. The molecule has 0 aliphatic heterocycles. The van der Waals surface area contributed by atoms with E-state index < -0.39 is 17.6 Å². The number of rotatable bonds is 2. The summed E-state index contributed by atoms with van der Waals surface area (Å²) in [5.74, 6) is 0.386. The molecule has 5 nitrogen and oxygen atoms in total. The Morgan fingerprint density at radius 2 is 2.04 bits per heavy atom. The van der Waals surface area contributed by atoms with E-state index in [-0.39, 0.29) is 12.0 Å². The van der Waals surface area contributed by atoms with Crippen molar-refractivity contribution in [3.8, 4) is 0 Å². The molecule has 0 fully saturated rings. The van der Waals surface area contributed by atoms with Crippen molar-refractivity contribution in [1.29, 1.82) is 0 Å². The van der Waals surface area contributed by atoms with Gasteiger partial charge in [-0.25, -0.2) is 4.98 Å². The number of nitrogens with one attached hydrogen (secondary N) is 1. The van der Waals surface area contributed by atoms with Crippen LogP contribution >= 0.6 is 0 Å². The van der Waals surface area contributed by atoms with Gasteiger partial charge in [0.15, 0.2) is 0 Å². The van der Waals surface area contributed by atoms with E-state index in [0.29, 0.717) is 6.20 Å². The van der Waals surface area contributed by atoms with Gasteiger partial charge in [-0.05, 0) is 18.9 Å². The van der Waals surface area contributed by atoms with Gasteiger partial charge < -0.3 is 15.5 Å². The Kier molecular flexibility index (Phi) is 3.55. The predicted molar refractivity (Wildman–Crippen MR) is 87.0 cm³/mol. The van der Waals surface area contributed by atoms with Crippen molar-refractivity contribution in [2.45, 2.75) is 31.5 Å². The highest BCUT2D eigenvalue weighted by Crippen LogP contribution is 2.39. The topological polar surface area (TPSA) is 77.0 Å². The third-order valence-corrected chi connectivity index (χ3v) is 4.38. The predicted octanol–water partition coefficient (Wildman–Crippen LogP) is 4.31. The van der Waals surface area contributed by atoms with Crippen LogP contribution in [0.4, 0.5) is 24.9 Å². The second-order valence-corrected chi connectivity index (χ2v) is 6.01. The summed E-state index contributed by atoms with van der Waals surface area (Å²) in [5, 5.41) is 4.10. The van der Waals surface area contributed by atoms with Crippen molar-refractivity contribution in [2.75, 3.05) is 11.1 Å². The summed E-state index contributed by atoms with van der Waals surface area (Å²) >= 11 is 0. The number of halogens is 3. The molecule has 25 heavy (non-hydrogen) atoms. The number of anilines is 2. The van der Waals surface area contributed by atoms with Crippen molar-refractivity contribution < 1.29 is 17.6 Å². The maximum absolute atomic E-state index is 12.8. The zero-order valence-corrected chi connectivity index (χ0v) is 13.1. The van der Waals surface area contributed by atoms with E-state index >= 15 is 0 Å². The minimum absolute atomic E-state index is 0.0774. The lowest BCUT2D eigenvalue weighted by Gasteiger charge is -2.23. The third-order valence-electron chi connectivity index (χ3n) is 4.38. The minimum atomic E-state index is -4.57. The zero-order chi connectivity index (χ0) is 17.6. The van der Waals surface area contributed by atoms with Crippen LogP contribution in [-0.4, -0.2) is 9.97 Å². The number of alkyl halides is 3. The van der Waals surface area contributed by atoms with Crippen molar-refractivity contribution in [1.82, 2.24) is 9.97 Å². The van der Waals surface area contributed by atoms with Gasteiger partial charge in [0.1, 0.15) is 22.7 Å². The molecule has 1 atom stereocenters. The number of nitrogen functional groups attached to an aromatic ring is 1. The van der Waals surface area contributed by atoms with Gasteiger partial charge in [-0.15, -0.1) is 0 Å². The number of para-hydroxylation sites is 1. The molecule has 1 aliphatic carbocycles. The first-order valence-corrected chi connectivity index (χ1v) is 7.90. The molecule has 1 aromatic carbocycles. The largest absolute Gasteiger partial charge is 0.461 e. The van der Waals surface area contributed by atoms with Crippen LogP contribution in [-0.2, 0) is 12.6 Å². The van der Waals surface area contributed by atoms with Gasteiger partial charge in [-0.3, -0.25) is 0 Å². The second-order valence-electron chi connectivity index (χ2n) is 6.01. The fraction of sp³-hybridized carbons (Fsp3) is 0.294. The molecule has 3 N–H and O–H groups in total. The number of fused-ring (bicyclic) bond motifs is 3. The van der Waals surface area contributed by atoms with Crippen LogP contribution in [0.25, 0.3) is 11.0 Å². The number of nitrogens with two attached hydrogens (primary N) is 1. The smallest absolute Gasteiger partial charge is 0.421 e. The third kappa shape index (κ3) is 2.77. The molecule has 2 aromatic heterocycles. The van der Waals surface area contributed by atoms with Crippen molar-refractivity contribution in [3.63, 3.8) is 0 Å². The Labute approximate surface area is 141 Å². The lowest BCUT2D eigenvalue weighted by molar-refractivity contribution is -0.137. The summed E-state index contributed by atoms with van der Waals surface area (Å²) in [6, 6.07) is 7.57. The Bertz CT molecular complexity index is 935. The van der Waals surface area contributed by atoms with Gasteiger partial charge in [-0.1, -0.05) is 18.2 Å². The number of aromatic nitrogens is 2. The Morgan fingerprint density at radius 1 is 1.24 bits per heavy atom. The monoisotopic (exact) mass is 348 g/mol. The van der Waals surface area contributed by atoms with Crippen LogP contribution in [0.5, 0.6) is 0 Å². The Morgan fingerprint density at radius 3 is 2.80 bits per heavy atom. The molecular weight excluding hydrogens is 333 g/mol. The maximum atomic E-state index is 12.8. The van der Waals surface area contributed by atoms with E-state index in [1.54, 1.807) is 0 Å². The molecule has 8 heteroatoms. The molecule has 0 amide bonds. The molecule has 0 saturated carbocycles. The first kappa shape index (κ1) is 15.7. The Balaban J connectivity index is 1.68. The van der Waals surface area contributed by atoms with E-state index in [4.69, 9.17) is 10.2 Å². The van der Waals surface area contributed by atoms with Crippen molar-refractivity contribution in [3.05, 3.63) is 47.3 Å². The molecule has 4 rings (SSSR count). The number of furan rings is 1. The highest BCUT2D eigenvalue weighted by atomic mass is 19.4. The van der Waals surface area contributed by atoms with Crippen LogP contribution in [0.2, 0.25) is 0 Å². The first-order chi connectivity index (χ1) is 11.9. The molecule has 2 heterocycles. The summed E-state index contributed by atoms with van der Waals surface area (Å²) < 4.78 is 44.2. The maximum Gasteiger partial charge on any atom is 0.421 e. The quantitative estimate of drug-likeness (QED) is 0.721. The van der Waals surface area contributed by atoms with Crippen LogP contribution < -0.4 is 11.1 Å². The molecule has 0 bridgehead atoms. The number of hydrogen-bond donors (Lipinski definition) is 2. The fourth-order valence-corrected chi connectivity index (χ4v) is 3.28. The number of hydrogen-bond acceptors (Lipinski definition) is 5. The lowest BCUT2D eigenvalue weighted by atomic mass is 9.91. The van der Waals surface area contributed by atoms with Crippen LogP contribution in [0.1, 0.15) is 35.8 Å². The standard InChI is InChI=1S/C17H15F3N4O/c18-17(19,20)10-8-22-16(24-15(10)21)23-11-5-3-7-13-14(11)9-4-1-2-6-12(9)25-13/h1-2,4,6,8,11H,3,5,7H2,(H3,21,22,23,24)/t11-/m1/s1. The van der Waals surface area contributed by atoms with Gasteiger partial charge in [0.05, 0.1) is 6.04 Å². The molecule has 1 aliphatic rings. The normalized spacial score (nSPS) is 17.5. The molecule has 0 spiro atoms. The van der Waals surface area contributed by atoms with Gasteiger partial charge in [0.2, 0.25) is 5.95 Å². The highest BCUT2D eigenvalue weighted by Gasteiger charge is 2.35. The van der Waals surface area contributed by atoms with Crippen molar-refractivity contribution >= 4 is 22.7 Å². The van der Waals surface area contributed by atoms with E-state index in [1.807, 2.05) is 24.3 Å². The molecule has 130 valence electrons. The highest BCUT2D eigenvalue weighted by molar-refractivity contribution is 5.83. The molecule has 3 aromatic rings. The van der Waals surface area contributed by atoms with E-state index in [1.165, 1.54) is 0 Å². The van der Waals surface area contributed by atoms with Gasteiger partial charge in [-0.2, -0.15) is 18.2 Å². The summed E-state index contributed by atoms with van der Waals surface area (Å²) in [7, 11) is 0. The molecular formula is C17H15F3N4O. The average Bonchev–Trinajstić information content (AvgIpc) is 2.93. The SMILES string of the molecule is Nc1nc(N[C@@H]2CCCc3oc4ccccc4c32)ncc1C(F)(F)F. The molecule has 0 saturated heterocycles. The summed E-state index contributed by atoms with van der Waals surface area (Å²) in [5.41, 5.74) is 6.23. The van der Waals surface area contributed by atoms with E-state index in [0.717, 1.165) is 41.6 Å². The number of nitrogens with zero attached hydrogens (tertiary/aromatic N) is 2. The first-order valence-electron chi connectivity index (χ1n) is 7.90. The van der Waals surface area contributed by atoms with Gasteiger partial charge in [0, 0.05) is 23.6 Å². The Hall–Kier alpha value is -2.77. The van der Waals surface area contributed by atoms with Crippen LogP contribution in [0.3, 0.4) is 0 Å². The summed E-state index contributed by atoms with van der Waals surface area (Å²) in [6.45, 7) is 0. The van der Waals surface area contributed by atoms with Gasteiger partial charge >= 0.3 is 6.18 Å². The van der Waals surface area contributed by atoms with E-state index in [2.05, 4.69) is 15.3 Å². The zero-order valence-electron chi connectivity index (χ0n) is 13.1. The van der Waals surface area contributed by atoms with E-state index in [9.17, 15) is 13.2 Å². The minimum Gasteiger partial charge on any atom is -0.461 e. The lowest BCUT2D eigenvalue weighted by Crippen LogP contribution is -2.19. The second kappa shape index (κ2) is 5.65. The van der Waals surface area contributed by atoms with Crippen molar-refractivity contribution in [2.24, 2.45) is 0 Å². The molecule has 0 unspecified atom stereocenters. The number of aryl methyl sites for hydroxylation is 1. The average molecular weight is 348 g/mol. The van der Waals surface area contributed by atoms with Crippen LogP contribution in [0.15, 0.2) is 34.9 Å². The van der Waals surface area contributed by atoms with Crippen LogP contribution in [0, 0.1) is 0 Å². The van der Waals surface area contributed by atoms with Gasteiger partial charge in [0.25, 0.3) is 0 Å². The fourth-order valence-electron chi connectivity index (χ4n) is 3.28. The summed E-state index contributed by atoms with van der Waals surface area (Å²) in [4.78, 5) is 7.56. The number of benzene rings is 1. The molecule has 0 radical (unpaired) electrons.